The summed E-state index contributed by atoms with van der Waals surface area (Å²) >= 11 is 8.62. The van der Waals surface area contributed by atoms with Crippen LogP contribution in [0.25, 0.3) is 17.4 Å². The molecule has 1 aliphatic rings. The van der Waals surface area contributed by atoms with Gasteiger partial charge in [-0.25, -0.2) is 4.39 Å². The van der Waals surface area contributed by atoms with Gasteiger partial charge in [0.25, 0.3) is 11.8 Å². The smallest absolute Gasteiger partial charge is 0.270 e. The molecular formula is C22H14BrFN2O3S. The van der Waals surface area contributed by atoms with Crippen LogP contribution < -0.4 is 10.2 Å². The molecule has 0 bridgehead atoms. The van der Waals surface area contributed by atoms with E-state index in [1.54, 1.807) is 12.1 Å². The summed E-state index contributed by atoms with van der Waals surface area (Å²) in [5.41, 5.74) is 1.99. The molecule has 8 heteroatoms. The van der Waals surface area contributed by atoms with Crippen LogP contribution in [0.15, 0.2) is 69.1 Å². The standard InChI is InChI=1S/C22H14BrFN2O3S/c1-12-5-7-16(18(23)9-12)19-8-6-15(29-19)11-17-20(27)25-22(30)26(21(17)28)14-4-2-3-13(24)10-14/h2-11H,1H3,(H,25,27,30)/b17-11-. The van der Waals surface area contributed by atoms with Crippen LogP contribution in [0.4, 0.5) is 10.1 Å². The minimum Gasteiger partial charge on any atom is -0.457 e. The maximum atomic E-state index is 13.6. The van der Waals surface area contributed by atoms with Gasteiger partial charge in [0.1, 0.15) is 22.9 Å². The van der Waals surface area contributed by atoms with Crippen molar-refractivity contribution in [3.63, 3.8) is 0 Å². The average Bonchev–Trinajstić information content (AvgIpc) is 3.13. The Hall–Kier alpha value is -3.10. The average molecular weight is 485 g/mol. The van der Waals surface area contributed by atoms with Gasteiger partial charge in [0, 0.05) is 10.0 Å². The first-order chi connectivity index (χ1) is 14.3. The van der Waals surface area contributed by atoms with E-state index in [0.29, 0.717) is 11.5 Å². The molecule has 5 nitrogen and oxygen atoms in total. The van der Waals surface area contributed by atoms with Crippen molar-refractivity contribution in [3.8, 4) is 11.3 Å². The molecule has 0 saturated carbocycles. The Bertz CT molecular complexity index is 1230. The molecule has 1 aliphatic heterocycles. The molecule has 1 saturated heterocycles. The quantitative estimate of drug-likeness (QED) is 0.323. The topological polar surface area (TPSA) is 62.6 Å². The number of nitrogens with zero attached hydrogens (tertiary/aromatic N) is 1. The lowest BCUT2D eigenvalue weighted by atomic mass is 10.1. The zero-order chi connectivity index (χ0) is 21.4. The third kappa shape index (κ3) is 3.83. The van der Waals surface area contributed by atoms with E-state index in [2.05, 4.69) is 21.2 Å². The van der Waals surface area contributed by atoms with Crippen LogP contribution in [0.2, 0.25) is 0 Å². The van der Waals surface area contributed by atoms with E-state index in [-0.39, 0.29) is 16.4 Å². The van der Waals surface area contributed by atoms with Crippen LogP contribution >= 0.6 is 28.1 Å². The fourth-order valence-electron chi connectivity index (χ4n) is 3.04. The van der Waals surface area contributed by atoms with E-state index in [0.717, 1.165) is 20.5 Å². The van der Waals surface area contributed by atoms with Crippen molar-refractivity contribution >= 4 is 56.8 Å². The Kier molecular flexibility index (Phi) is 5.36. The van der Waals surface area contributed by atoms with Crippen LogP contribution in [0.5, 0.6) is 0 Å². The van der Waals surface area contributed by atoms with Crippen LogP contribution in [0.3, 0.4) is 0 Å². The number of aryl methyl sites for hydroxylation is 1. The van der Waals surface area contributed by atoms with Gasteiger partial charge in [0.15, 0.2) is 5.11 Å². The highest BCUT2D eigenvalue weighted by molar-refractivity contribution is 9.10. The van der Waals surface area contributed by atoms with Gasteiger partial charge in [-0.05, 0) is 73.2 Å². The second-order valence-electron chi connectivity index (χ2n) is 6.62. The number of halogens is 2. The summed E-state index contributed by atoms with van der Waals surface area (Å²) in [5, 5.41) is 2.35. The van der Waals surface area contributed by atoms with E-state index in [1.165, 1.54) is 30.3 Å². The molecule has 0 unspecified atom stereocenters. The molecule has 2 heterocycles. The third-order valence-electron chi connectivity index (χ3n) is 4.47. The van der Waals surface area contributed by atoms with Gasteiger partial charge in [-0.2, -0.15) is 0 Å². The lowest BCUT2D eigenvalue weighted by molar-refractivity contribution is -0.122. The SMILES string of the molecule is Cc1ccc(-c2ccc(/C=C3/C(=O)NC(=S)N(c4cccc(F)c4)C3=O)o2)c(Br)c1. The van der Waals surface area contributed by atoms with E-state index in [1.807, 2.05) is 25.1 Å². The number of hydrogen-bond acceptors (Lipinski definition) is 4. The van der Waals surface area contributed by atoms with E-state index < -0.39 is 17.6 Å². The Morgan fingerprint density at radius 2 is 1.93 bits per heavy atom. The molecule has 4 rings (SSSR count). The molecular weight excluding hydrogens is 471 g/mol. The third-order valence-corrected chi connectivity index (χ3v) is 5.41. The lowest BCUT2D eigenvalue weighted by Crippen LogP contribution is -2.54. The Morgan fingerprint density at radius 1 is 1.13 bits per heavy atom. The number of carbonyl (C=O) groups excluding carboxylic acids is 2. The number of anilines is 1. The molecule has 2 amide bonds. The molecule has 1 aromatic heterocycles. The van der Waals surface area contributed by atoms with Crippen LogP contribution in [0, 0.1) is 12.7 Å². The minimum atomic E-state index is -0.663. The minimum absolute atomic E-state index is 0.114. The highest BCUT2D eigenvalue weighted by Crippen LogP contribution is 2.31. The van der Waals surface area contributed by atoms with Crippen molar-refractivity contribution in [2.75, 3.05) is 4.90 Å². The first-order valence-electron chi connectivity index (χ1n) is 8.87. The first kappa shape index (κ1) is 20.2. The summed E-state index contributed by atoms with van der Waals surface area (Å²) in [6.07, 6.45) is 1.34. The van der Waals surface area contributed by atoms with Crippen LogP contribution in [0.1, 0.15) is 11.3 Å². The van der Waals surface area contributed by atoms with Gasteiger partial charge in [-0.15, -0.1) is 0 Å². The van der Waals surface area contributed by atoms with Crippen molar-refractivity contribution in [3.05, 3.63) is 81.8 Å². The number of furan rings is 1. The number of hydrogen-bond donors (Lipinski definition) is 1. The maximum absolute atomic E-state index is 13.6. The first-order valence-corrected chi connectivity index (χ1v) is 10.1. The fourth-order valence-corrected chi connectivity index (χ4v) is 4.01. The number of carbonyl (C=O) groups is 2. The fraction of sp³-hybridized carbons (Fsp3) is 0.0455. The summed E-state index contributed by atoms with van der Waals surface area (Å²) in [7, 11) is 0. The van der Waals surface area contributed by atoms with Crippen molar-refractivity contribution in [1.29, 1.82) is 0 Å². The predicted molar refractivity (Wildman–Crippen MR) is 119 cm³/mol. The molecule has 3 aromatic rings. The molecule has 0 atom stereocenters. The zero-order valence-corrected chi connectivity index (χ0v) is 18.0. The molecule has 0 radical (unpaired) electrons. The summed E-state index contributed by atoms with van der Waals surface area (Å²) in [6, 6.07) is 14.7. The van der Waals surface area contributed by atoms with E-state index in [9.17, 15) is 14.0 Å². The molecule has 0 spiro atoms. The molecule has 1 fully saturated rings. The van der Waals surface area contributed by atoms with Gasteiger partial charge in [-0.3, -0.25) is 19.8 Å². The van der Waals surface area contributed by atoms with Crippen molar-refractivity contribution < 1.29 is 18.4 Å². The van der Waals surface area contributed by atoms with Gasteiger partial charge in [0.05, 0.1) is 5.69 Å². The van der Waals surface area contributed by atoms with Gasteiger partial charge >= 0.3 is 0 Å². The maximum Gasteiger partial charge on any atom is 0.270 e. The Balaban J connectivity index is 1.69. The summed E-state index contributed by atoms with van der Waals surface area (Å²) in [5.74, 6) is -0.932. The lowest BCUT2D eigenvalue weighted by Gasteiger charge is -2.28. The molecule has 1 N–H and O–H groups in total. The van der Waals surface area contributed by atoms with Gasteiger partial charge in [0.2, 0.25) is 0 Å². The Labute approximate surface area is 185 Å². The largest absolute Gasteiger partial charge is 0.457 e. The molecule has 150 valence electrons. The highest BCUT2D eigenvalue weighted by atomic mass is 79.9. The molecule has 0 aliphatic carbocycles. The van der Waals surface area contributed by atoms with E-state index in [4.69, 9.17) is 16.6 Å². The highest BCUT2D eigenvalue weighted by Gasteiger charge is 2.34. The van der Waals surface area contributed by atoms with Gasteiger partial charge in [-0.1, -0.05) is 28.1 Å². The summed E-state index contributed by atoms with van der Waals surface area (Å²) in [4.78, 5) is 26.4. The second kappa shape index (κ2) is 7.97. The summed E-state index contributed by atoms with van der Waals surface area (Å²) < 4.78 is 20.3. The number of thiocarbonyl (C=S) groups is 1. The zero-order valence-electron chi connectivity index (χ0n) is 15.6. The number of rotatable bonds is 3. The normalized spacial score (nSPS) is 15.6. The molecule has 2 aromatic carbocycles. The van der Waals surface area contributed by atoms with Crippen LogP contribution in [-0.2, 0) is 9.59 Å². The molecule has 30 heavy (non-hydrogen) atoms. The Morgan fingerprint density at radius 3 is 2.67 bits per heavy atom. The second-order valence-corrected chi connectivity index (χ2v) is 7.86. The predicted octanol–water partition coefficient (Wildman–Crippen LogP) is 4.99. The van der Waals surface area contributed by atoms with Gasteiger partial charge < -0.3 is 4.42 Å². The van der Waals surface area contributed by atoms with E-state index >= 15 is 0 Å². The van der Waals surface area contributed by atoms with Crippen LogP contribution in [-0.4, -0.2) is 16.9 Å². The summed E-state index contributed by atoms with van der Waals surface area (Å²) in [6.45, 7) is 1.98. The number of nitrogens with one attached hydrogen (secondary N) is 1. The van der Waals surface area contributed by atoms with Crippen molar-refractivity contribution in [2.45, 2.75) is 6.92 Å². The number of benzene rings is 2. The van der Waals surface area contributed by atoms with Crippen molar-refractivity contribution in [1.82, 2.24) is 5.32 Å². The monoisotopic (exact) mass is 484 g/mol. The number of amides is 2. The van der Waals surface area contributed by atoms with Crippen molar-refractivity contribution in [2.24, 2.45) is 0 Å².